The number of hydrogen-bond acceptors (Lipinski definition) is 4. The average Bonchev–Trinajstić information content (AvgIpc) is 3.11. The van der Waals surface area contributed by atoms with Crippen molar-refractivity contribution in [1.82, 2.24) is 0 Å². The van der Waals surface area contributed by atoms with E-state index in [0.717, 1.165) is 27.5 Å². The highest BCUT2D eigenvalue weighted by Gasteiger charge is 2.16. The fraction of sp³-hybridized carbons (Fsp3) is 0.100. The Labute approximate surface area is 159 Å². The van der Waals surface area contributed by atoms with Gasteiger partial charge in [0.25, 0.3) is 5.91 Å². The summed E-state index contributed by atoms with van der Waals surface area (Å²) in [6.07, 6.45) is 0.482. The Hall–Kier alpha value is -2.57. The molecule has 6 heteroatoms. The van der Waals surface area contributed by atoms with Crippen LogP contribution in [0.15, 0.2) is 64.2 Å². The Balaban J connectivity index is 1.55. The number of amides is 2. The van der Waals surface area contributed by atoms with Crippen LogP contribution in [0, 0.1) is 0 Å². The molecule has 26 heavy (non-hydrogen) atoms. The van der Waals surface area contributed by atoms with Crippen LogP contribution in [0.3, 0.4) is 0 Å². The van der Waals surface area contributed by atoms with E-state index >= 15 is 0 Å². The minimum absolute atomic E-state index is 0.0164. The van der Waals surface area contributed by atoms with Gasteiger partial charge in [-0.05, 0) is 58.3 Å². The topological polar surface area (TPSA) is 58.2 Å². The summed E-state index contributed by atoms with van der Waals surface area (Å²) in [5, 5.41) is 9.92. The Morgan fingerprint density at radius 2 is 2.00 bits per heavy atom. The first-order chi connectivity index (χ1) is 12.7. The number of benzene rings is 2. The van der Waals surface area contributed by atoms with Crippen LogP contribution < -0.4 is 10.6 Å². The number of hydrogen-bond donors (Lipinski definition) is 2. The second-order valence-electron chi connectivity index (χ2n) is 5.90. The third kappa shape index (κ3) is 3.66. The van der Waals surface area contributed by atoms with Gasteiger partial charge in [0.05, 0.1) is 5.69 Å². The van der Waals surface area contributed by atoms with Gasteiger partial charge in [0.1, 0.15) is 0 Å². The van der Waals surface area contributed by atoms with Crippen LogP contribution in [0.5, 0.6) is 0 Å². The lowest BCUT2D eigenvalue weighted by atomic mass is 10.1. The minimum Gasteiger partial charge on any atom is -0.325 e. The van der Waals surface area contributed by atoms with E-state index in [9.17, 15) is 9.59 Å². The van der Waals surface area contributed by atoms with Crippen LogP contribution in [0.2, 0.25) is 0 Å². The smallest absolute Gasteiger partial charge is 0.255 e. The maximum atomic E-state index is 12.6. The minimum atomic E-state index is -0.196. The van der Waals surface area contributed by atoms with E-state index in [1.807, 2.05) is 35.7 Å². The van der Waals surface area contributed by atoms with Crippen molar-refractivity contribution < 1.29 is 9.59 Å². The fourth-order valence-electron chi connectivity index (χ4n) is 2.77. The molecule has 2 amide bonds. The second kappa shape index (κ2) is 7.35. The van der Waals surface area contributed by atoms with E-state index in [2.05, 4.69) is 22.1 Å². The highest BCUT2D eigenvalue weighted by Crippen LogP contribution is 2.32. The molecule has 4 nitrogen and oxygen atoms in total. The van der Waals surface area contributed by atoms with E-state index in [-0.39, 0.29) is 11.8 Å². The van der Waals surface area contributed by atoms with Gasteiger partial charge in [-0.3, -0.25) is 9.59 Å². The van der Waals surface area contributed by atoms with Gasteiger partial charge in [0.2, 0.25) is 5.91 Å². The third-order valence-corrected chi connectivity index (χ3v) is 5.84. The molecule has 0 aliphatic carbocycles. The Morgan fingerprint density at radius 3 is 2.85 bits per heavy atom. The fourth-order valence-corrected chi connectivity index (χ4v) is 4.37. The first kappa shape index (κ1) is 16.9. The highest BCUT2D eigenvalue weighted by molar-refractivity contribution is 7.99. The summed E-state index contributed by atoms with van der Waals surface area (Å²) >= 11 is 3.27. The van der Waals surface area contributed by atoms with Crippen molar-refractivity contribution in [1.29, 1.82) is 0 Å². The van der Waals surface area contributed by atoms with Crippen LogP contribution >= 0.6 is 23.1 Å². The lowest BCUT2D eigenvalue weighted by molar-refractivity contribution is -0.115. The molecule has 130 valence electrons. The Bertz CT molecular complexity index is 968. The summed E-state index contributed by atoms with van der Waals surface area (Å²) in [5.41, 5.74) is 4.17. The summed E-state index contributed by atoms with van der Waals surface area (Å²) in [4.78, 5) is 25.4. The zero-order valence-corrected chi connectivity index (χ0v) is 15.5. The summed E-state index contributed by atoms with van der Waals surface area (Å²) in [7, 11) is 0. The molecule has 0 fully saturated rings. The second-order valence-corrected chi connectivity index (χ2v) is 7.82. The molecule has 1 aromatic heterocycles. The van der Waals surface area contributed by atoms with Gasteiger partial charge < -0.3 is 10.6 Å². The maximum Gasteiger partial charge on any atom is 0.255 e. The molecule has 4 rings (SSSR count). The number of fused-ring (bicyclic) bond motifs is 1. The van der Waals surface area contributed by atoms with Gasteiger partial charge in [-0.25, -0.2) is 0 Å². The summed E-state index contributed by atoms with van der Waals surface area (Å²) in [6, 6.07) is 15.3. The summed E-state index contributed by atoms with van der Waals surface area (Å²) in [6.45, 7) is 0. The van der Waals surface area contributed by atoms with Gasteiger partial charge in [-0.15, -0.1) is 11.8 Å². The Kier molecular flexibility index (Phi) is 4.77. The van der Waals surface area contributed by atoms with Crippen molar-refractivity contribution in [3.8, 4) is 11.1 Å². The first-order valence-corrected chi connectivity index (χ1v) is 10.1. The SMILES string of the molecule is O=C1CCSc2ccc(C(=O)Nc3cccc(-c4ccsc4)c3)cc2N1. The van der Waals surface area contributed by atoms with Gasteiger partial charge in [0, 0.05) is 28.3 Å². The molecule has 1 aliphatic heterocycles. The van der Waals surface area contributed by atoms with Crippen molar-refractivity contribution in [2.24, 2.45) is 0 Å². The van der Waals surface area contributed by atoms with Crippen molar-refractivity contribution in [2.75, 3.05) is 16.4 Å². The highest BCUT2D eigenvalue weighted by atomic mass is 32.2. The van der Waals surface area contributed by atoms with E-state index < -0.39 is 0 Å². The average molecular weight is 380 g/mol. The number of thioether (sulfide) groups is 1. The number of rotatable bonds is 3. The van der Waals surface area contributed by atoms with E-state index in [4.69, 9.17) is 0 Å². The van der Waals surface area contributed by atoms with E-state index in [1.54, 1.807) is 35.2 Å². The number of anilines is 2. The molecule has 0 saturated carbocycles. The normalized spacial score (nSPS) is 13.5. The van der Waals surface area contributed by atoms with Crippen molar-refractivity contribution >= 4 is 46.3 Å². The molecule has 1 aliphatic rings. The molecule has 0 bridgehead atoms. The maximum absolute atomic E-state index is 12.6. The predicted octanol–water partition coefficient (Wildman–Crippen LogP) is 5.10. The summed E-state index contributed by atoms with van der Waals surface area (Å²) in [5.74, 6) is 0.538. The molecule has 0 unspecified atom stereocenters. The summed E-state index contributed by atoms with van der Waals surface area (Å²) < 4.78 is 0. The van der Waals surface area contributed by atoms with Crippen molar-refractivity contribution in [3.63, 3.8) is 0 Å². The number of carbonyl (C=O) groups excluding carboxylic acids is 2. The quantitative estimate of drug-likeness (QED) is 0.664. The zero-order valence-electron chi connectivity index (χ0n) is 13.8. The van der Waals surface area contributed by atoms with Crippen LogP contribution in [-0.4, -0.2) is 17.6 Å². The van der Waals surface area contributed by atoms with E-state index in [1.165, 1.54) is 0 Å². The Morgan fingerprint density at radius 1 is 1.08 bits per heavy atom. The monoisotopic (exact) mass is 380 g/mol. The standard InChI is InChI=1S/C20H16N2O2S2/c23-19-7-9-26-18-5-4-14(11-17(18)22-19)20(24)21-16-3-1-2-13(10-16)15-6-8-25-12-15/h1-6,8,10-12H,7,9H2,(H,21,24)(H,22,23). The molecular formula is C20H16N2O2S2. The van der Waals surface area contributed by atoms with Crippen molar-refractivity contribution in [2.45, 2.75) is 11.3 Å². The molecule has 0 saturated heterocycles. The number of nitrogens with one attached hydrogen (secondary N) is 2. The number of carbonyl (C=O) groups is 2. The number of thiophene rings is 1. The van der Waals surface area contributed by atoms with Crippen LogP contribution in [-0.2, 0) is 4.79 Å². The van der Waals surface area contributed by atoms with Gasteiger partial charge in [0.15, 0.2) is 0 Å². The zero-order chi connectivity index (χ0) is 17.9. The molecule has 0 radical (unpaired) electrons. The molecule has 2 heterocycles. The third-order valence-electron chi connectivity index (χ3n) is 4.08. The largest absolute Gasteiger partial charge is 0.325 e. The molecule has 2 aromatic carbocycles. The molecule has 0 atom stereocenters. The predicted molar refractivity (Wildman–Crippen MR) is 108 cm³/mol. The van der Waals surface area contributed by atoms with Gasteiger partial charge in [-0.1, -0.05) is 12.1 Å². The molecule has 2 N–H and O–H groups in total. The van der Waals surface area contributed by atoms with Crippen LogP contribution in [0.1, 0.15) is 16.8 Å². The molecule has 3 aromatic rings. The molecular weight excluding hydrogens is 364 g/mol. The van der Waals surface area contributed by atoms with Gasteiger partial charge in [-0.2, -0.15) is 11.3 Å². The molecule has 0 spiro atoms. The van der Waals surface area contributed by atoms with Crippen molar-refractivity contribution in [3.05, 3.63) is 64.9 Å². The van der Waals surface area contributed by atoms with Crippen LogP contribution in [0.25, 0.3) is 11.1 Å². The van der Waals surface area contributed by atoms with Crippen LogP contribution in [0.4, 0.5) is 11.4 Å². The first-order valence-electron chi connectivity index (χ1n) is 8.20. The van der Waals surface area contributed by atoms with Gasteiger partial charge >= 0.3 is 0 Å². The lowest BCUT2D eigenvalue weighted by Gasteiger charge is -2.10. The lowest BCUT2D eigenvalue weighted by Crippen LogP contribution is -2.14. The van der Waals surface area contributed by atoms with E-state index in [0.29, 0.717) is 17.7 Å².